The Morgan fingerprint density at radius 1 is 1.31 bits per heavy atom. The molecule has 94 valence electrons. The molecular weight excluding hydrogens is 202 g/mol. The smallest absolute Gasteiger partial charge is 0.305 e. The van der Waals surface area contributed by atoms with Crippen LogP contribution in [0.25, 0.3) is 0 Å². The highest BCUT2D eigenvalue weighted by molar-refractivity contribution is 5.69. The van der Waals surface area contributed by atoms with E-state index >= 15 is 0 Å². The van der Waals surface area contributed by atoms with Crippen LogP contribution in [-0.2, 0) is 9.53 Å². The highest BCUT2D eigenvalue weighted by Crippen LogP contribution is 2.29. The Kier molecular flexibility index (Phi) is 6.46. The third-order valence-electron chi connectivity index (χ3n) is 3.12. The van der Waals surface area contributed by atoms with Crippen LogP contribution in [0, 0.1) is 5.92 Å². The van der Waals surface area contributed by atoms with Gasteiger partial charge in [-0.3, -0.25) is 4.79 Å². The number of ether oxygens (including phenoxy) is 1. The van der Waals surface area contributed by atoms with Crippen molar-refractivity contribution in [2.75, 3.05) is 26.7 Å². The first kappa shape index (κ1) is 13.5. The molecular formula is C13H25NO2. The van der Waals surface area contributed by atoms with Crippen molar-refractivity contribution in [3.8, 4) is 0 Å². The Balaban J connectivity index is 2.12. The molecule has 1 saturated carbocycles. The lowest BCUT2D eigenvalue weighted by Gasteiger charge is -2.21. The molecule has 0 spiro atoms. The molecule has 0 heterocycles. The standard InChI is InChI=1S/C13H25NO2/c1-3-4-9-14(11-12-7-8-12)10-5-6-13(15)16-2/h12H,3-11H2,1-2H3. The van der Waals surface area contributed by atoms with Crippen LogP contribution in [0.2, 0.25) is 0 Å². The summed E-state index contributed by atoms with van der Waals surface area (Å²) in [6.45, 7) is 5.70. The number of hydrogen-bond donors (Lipinski definition) is 0. The average molecular weight is 227 g/mol. The fourth-order valence-electron chi connectivity index (χ4n) is 1.89. The molecule has 0 N–H and O–H groups in total. The lowest BCUT2D eigenvalue weighted by Crippen LogP contribution is -2.28. The van der Waals surface area contributed by atoms with Gasteiger partial charge in [0.25, 0.3) is 0 Å². The van der Waals surface area contributed by atoms with E-state index in [1.165, 1.54) is 45.9 Å². The summed E-state index contributed by atoms with van der Waals surface area (Å²) in [5, 5.41) is 0. The molecule has 16 heavy (non-hydrogen) atoms. The van der Waals surface area contributed by atoms with Crippen LogP contribution in [0.1, 0.15) is 45.4 Å². The fraction of sp³-hybridized carbons (Fsp3) is 0.923. The van der Waals surface area contributed by atoms with E-state index in [4.69, 9.17) is 0 Å². The normalized spacial score (nSPS) is 15.4. The van der Waals surface area contributed by atoms with Crippen molar-refractivity contribution in [2.24, 2.45) is 5.92 Å². The maximum Gasteiger partial charge on any atom is 0.305 e. The van der Waals surface area contributed by atoms with Crippen LogP contribution in [0.15, 0.2) is 0 Å². The summed E-state index contributed by atoms with van der Waals surface area (Å²) in [4.78, 5) is 13.5. The van der Waals surface area contributed by atoms with Gasteiger partial charge < -0.3 is 9.64 Å². The number of carbonyl (C=O) groups is 1. The van der Waals surface area contributed by atoms with Crippen LogP contribution in [0.5, 0.6) is 0 Å². The minimum absolute atomic E-state index is 0.0816. The lowest BCUT2D eigenvalue weighted by molar-refractivity contribution is -0.140. The van der Waals surface area contributed by atoms with Gasteiger partial charge in [-0.15, -0.1) is 0 Å². The predicted octanol–water partition coefficient (Wildman–Crippen LogP) is 2.45. The second-order valence-corrected chi connectivity index (χ2v) is 4.78. The Morgan fingerprint density at radius 2 is 2.00 bits per heavy atom. The summed E-state index contributed by atoms with van der Waals surface area (Å²) < 4.78 is 4.65. The highest BCUT2D eigenvalue weighted by atomic mass is 16.5. The number of methoxy groups -OCH3 is 1. The van der Waals surface area contributed by atoms with E-state index in [0.717, 1.165) is 18.9 Å². The van der Waals surface area contributed by atoms with Gasteiger partial charge in [0.15, 0.2) is 0 Å². The molecule has 0 radical (unpaired) electrons. The number of unbranched alkanes of at least 4 members (excludes halogenated alkanes) is 1. The van der Waals surface area contributed by atoms with Crippen molar-refractivity contribution in [1.82, 2.24) is 4.90 Å². The summed E-state index contributed by atoms with van der Waals surface area (Å²) in [5.41, 5.74) is 0. The van der Waals surface area contributed by atoms with Crippen LogP contribution >= 0.6 is 0 Å². The van der Waals surface area contributed by atoms with Gasteiger partial charge in [0.2, 0.25) is 0 Å². The molecule has 0 aromatic heterocycles. The second kappa shape index (κ2) is 7.66. The first-order chi connectivity index (χ1) is 7.76. The number of carbonyl (C=O) groups excluding carboxylic acids is 1. The van der Waals surface area contributed by atoms with Crippen LogP contribution in [0.4, 0.5) is 0 Å². The Labute approximate surface area is 99.1 Å². The van der Waals surface area contributed by atoms with E-state index < -0.39 is 0 Å². The molecule has 0 amide bonds. The van der Waals surface area contributed by atoms with E-state index in [0.29, 0.717) is 6.42 Å². The maximum absolute atomic E-state index is 11.0. The predicted molar refractivity (Wildman–Crippen MR) is 65.3 cm³/mol. The largest absolute Gasteiger partial charge is 0.469 e. The van der Waals surface area contributed by atoms with Gasteiger partial charge in [-0.25, -0.2) is 0 Å². The van der Waals surface area contributed by atoms with Crippen molar-refractivity contribution < 1.29 is 9.53 Å². The maximum atomic E-state index is 11.0. The molecule has 0 atom stereocenters. The van der Waals surface area contributed by atoms with E-state index in [1.54, 1.807) is 0 Å². The molecule has 1 fully saturated rings. The number of rotatable bonds is 9. The van der Waals surface area contributed by atoms with Crippen molar-refractivity contribution in [1.29, 1.82) is 0 Å². The molecule has 0 unspecified atom stereocenters. The zero-order valence-corrected chi connectivity index (χ0v) is 10.7. The second-order valence-electron chi connectivity index (χ2n) is 4.78. The van der Waals surface area contributed by atoms with Gasteiger partial charge in [0.1, 0.15) is 0 Å². The van der Waals surface area contributed by atoms with Gasteiger partial charge in [-0.05, 0) is 44.7 Å². The summed E-state index contributed by atoms with van der Waals surface area (Å²) >= 11 is 0. The molecule has 0 bridgehead atoms. The van der Waals surface area contributed by atoms with Crippen molar-refractivity contribution >= 4 is 5.97 Å². The van der Waals surface area contributed by atoms with E-state index in [2.05, 4.69) is 16.6 Å². The summed E-state index contributed by atoms with van der Waals surface area (Å²) in [6.07, 6.45) is 6.81. The third-order valence-corrected chi connectivity index (χ3v) is 3.12. The first-order valence-electron chi connectivity index (χ1n) is 6.55. The van der Waals surface area contributed by atoms with Crippen molar-refractivity contribution in [2.45, 2.75) is 45.4 Å². The zero-order chi connectivity index (χ0) is 11.8. The minimum Gasteiger partial charge on any atom is -0.469 e. The number of hydrogen-bond acceptors (Lipinski definition) is 3. The highest BCUT2D eigenvalue weighted by Gasteiger charge is 2.23. The van der Waals surface area contributed by atoms with E-state index in [-0.39, 0.29) is 5.97 Å². The van der Waals surface area contributed by atoms with Crippen LogP contribution in [0.3, 0.4) is 0 Å². The molecule has 3 heteroatoms. The molecule has 3 nitrogen and oxygen atoms in total. The summed E-state index contributed by atoms with van der Waals surface area (Å²) in [5.74, 6) is 0.858. The monoisotopic (exact) mass is 227 g/mol. The Hall–Kier alpha value is -0.570. The topological polar surface area (TPSA) is 29.5 Å². The van der Waals surface area contributed by atoms with E-state index in [1.807, 2.05) is 0 Å². The Morgan fingerprint density at radius 3 is 2.56 bits per heavy atom. The Bertz CT molecular complexity index is 202. The summed E-state index contributed by atoms with van der Waals surface area (Å²) in [6, 6.07) is 0. The molecule has 0 aliphatic heterocycles. The first-order valence-corrected chi connectivity index (χ1v) is 6.55. The van der Waals surface area contributed by atoms with Crippen LogP contribution in [-0.4, -0.2) is 37.6 Å². The average Bonchev–Trinajstić information content (AvgIpc) is 3.09. The van der Waals surface area contributed by atoms with Crippen LogP contribution < -0.4 is 0 Å². The molecule has 0 aromatic rings. The quantitative estimate of drug-likeness (QED) is 0.567. The number of esters is 1. The minimum atomic E-state index is -0.0816. The zero-order valence-electron chi connectivity index (χ0n) is 10.7. The lowest BCUT2D eigenvalue weighted by atomic mass is 10.2. The SMILES string of the molecule is CCCCN(CCCC(=O)OC)CC1CC1. The molecule has 0 saturated heterocycles. The van der Waals surface area contributed by atoms with Gasteiger partial charge in [0, 0.05) is 13.0 Å². The van der Waals surface area contributed by atoms with Crippen molar-refractivity contribution in [3.05, 3.63) is 0 Å². The third kappa shape index (κ3) is 6.11. The number of nitrogens with zero attached hydrogens (tertiary/aromatic N) is 1. The molecule has 1 aliphatic rings. The molecule has 1 aliphatic carbocycles. The molecule has 1 rings (SSSR count). The van der Waals surface area contributed by atoms with Gasteiger partial charge >= 0.3 is 5.97 Å². The van der Waals surface area contributed by atoms with Crippen molar-refractivity contribution in [3.63, 3.8) is 0 Å². The van der Waals surface area contributed by atoms with Gasteiger partial charge in [0.05, 0.1) is 7.11 Å². The van der Waals surface area contributed by atoms with Gasteiger partial charge in [-0.1, -0.05) is 13.3 Å². The van der Waals surface area contributed by atoms with E-state index in [9.17, 15) is 4.79 Å². The molecule has 0 aromatic carbocycles. The van der Waals surface area contributed by atoms with Gasteiger partial charge in [-0.2, -0.15) is 0 Å². The summed E-state index contributed by atoms with van der Waals surface area (Å²) in [7, 11) is 1.46. The fourth-order valence-corrected chi connectivity index (χ4v) is 1.89.